The summed E-state index contributed by atoms with van der Waals surface area (Å²) in [5.41, 5.74) is 1.70. The van der Waals surface area contributed by atoms with Crippen LogP contribution in [0.25, 0.3) is 0 Å². The van der Waals surface area contributed by atoms with Crippen LogP contribution in [0.4, 0.5) is 0 Å². The van der Waals surface area contributed by atoms with E-state index in [1.54, 1.807) is 0 Å². The van der Waals surface area contributed by atoms with Crippen molar-refractivity contribution in [3.8, 4) is 0 Å². The third-order valence-corrected chi connectivity index (χ3v) is 7.96. The van der Waals surface area contributed by atoms with Gasteiger partial charge in [-0.05, 0) is 17.7 Å². The molecule has 2 aromatic carbocycles. The lowest BCUT2D eigenvalue weighted by molar-refractivity contribution is 1.15. The lowest BCUT2D eigenvalue weighted by Gasteiger charge is -2.31. The molecule has 0 aliphatic heterocycles. The maximum atomic E-state index is 5.98. The van der Waals surface area contributed by atoms with Crippen molar-refractivity contribution in [3.63, 3.8) is 0 Å². The molecule has 0 amide bonds. The SMILES string of the molecule is C=C[C@@H](c1ccc(Cl)cc1)[Si](C)(C)c1ccccc1. The molecule has 2 heteroatoms. The summed E-state index contributed by atoms with van der Waals surface area (Å²) >= 11 is 5.98. The summed E-state index contributed by atoms with van der Waals surface area (Å²) in [6.07, 6.45) is 2.09. The first-order valence-electron chi connectivity index (χ1n) is 6.49. The monoisotopic (exact) mass is 286 g/mol. The highest BCUT2D eigenvalue weighted by Gasteiger charge is 2.32. The van der Waals surface area contributed by atoms with Crippen molar-refractivity contribution in [1.82, 2.24) is 0 Å². The molecule has 0 nitrogen and oxygen atoms in total. The third kappa shape index (κ3) is 2.99. The maximum Gasteiger partial charge on any atom is 0.0919 e. The van der Waals surface area contributed by atoms with Crippen LogP contribution < -0.4 is 5.19 Å². The molecular formula is C17H19ClSi. The van der Waals surface area contributed by atoms with E-state index in [0.717, 1.165) is 5.02 Å². The lowest BCUT2D eigenvalue weighted by atomic mass is 10.1. The average molecular weight is 287 g/mol. The van der Waals surface area contributed by atoms with Gasteiger partial charge in [-0.2, -0.15) is 0 Å². The normalized spacial score (nSPS) is 13.0. The van der Waals surface area contributed by atoms with Crippen LogP contribution in [0.1, 0.15) is 11.1 Å². The number of benzene rings is 2. The molecule has 2 aromatic rings. The van der Waals surface area contributed by atoms with Crippen LogP contribution in [0, 0.1) is 0 Å². The standard InChI is InChI=1S/C17H19ClSi/c1-4-17(14-10-12-15(18)13-11-14)19(2,3)16-8-6-5-7-9-16/h4-13,17H,1H2,2-3H3/t17-/m0/s1. The van der Waals surface area contributed by atoms with Crippen molar-refractivity contribution < 1.29 is 0 Å². The van der Waals surface area contributed by atoms with E-state index in [9.17, 15) is 0 Å². The van der Waals surface area contributed by atoms with Gasteiger partial charge in [0.2, 0.25) is 0 Å². The topological polar surface area (TPSA) is 0 Å². The summed E-state index contributed by atoms with van der Waals surface area (Å²) < 4.78 is 0. The van der Waals surface area contributed by atoms with E-state index in [-0.39, 0.29) is 0 Å². The van der Waals surface area contributed by atoms with Gasteiger partial charge in [0.05, 0.1) is 8.07 Å². The fourth-order valence-electron chi connectivity index (χ4n) is 2.56. The van der Waals surface area contributed by atoms with Gasteiger partial charge in [-0.15, -0.1) is 6.58 Å². The van der Waals surface area contributed by atoms with Gasteiger partial charge in [0.15, 0.2) is 0 Å². The molecular weight excluding hydrogens is 268 g/mol. The van der Waals surface area contributed by atoms with Crippen LogP contribution in [0.2, 0.25) is 18.1 Å². The van der Waals surface area contributed by atoms with Crippen LogP contribution in [-0.4, -0.2) is 8.07 Å². The fourth-order valence-corrected chi connectivity index (χ4v) is 5.72. The Bertz CT molecular complexity index is 543. The fraction of sp³-hybridized carbons (Fsp3) is 0.176. The summed E-state index contributed by atoms with van der Waals surface area (Å²) in [7, 11) is -1.63. The second-order valence-corrected chi connectivity index (χ2v) is 10.4. The summed E-state index contributed by atoms with van der Waals surface area (Å²) in [4.78, 5) is 0. The molecule has 98 valence electrons. The van der Waals surface area contributed by atoms with Gasteiger partial charge in [0.25, 0.3) is 0 Å². The van der Waals surface area contributed by atoms with Gasteiger partial charge in [-0.1, -0.05) is 78.4 Å². The van der Waals surface area contributed by atoms with Crippen molar-refractivity contribution in [3.05, 3.63) is 77.8 Å². The molecule has 0 radical (unpaired) electrons. The zero-order valence-corrected chi connectivity index (χ0v) is 13.2. The Kier molecular flexibility index (Phi) is 4.28. The molecule has 0 unspecified atom stereocenters. The Morgan fingerprint density at radius 1 is 1.00 bits per heavy atom. The molecule has 19 heavy (non-hydrogen) atoms. The van der Waals surface area contributed by atoms with E-state index >= 15 is 0 Å². The predicted octanol–water partition coefficient (Wildman–Crippen LogP) is 4.76. The van der Waals surface area contributed by atoms with Crippen LogP contribution >= 0.6 is 11.6 Å². The first kappa shape index (κ1) is 14.1. The summed E-state index contributed by atoms with van der Waals surface area (Å²) in [6.45, 7) is 8.84. The first-order valence-corrected chi connectivity index (χ1v) is 9.95. The van der Waals surface area contributed by atoms with E-state index in [4.69, 9.17) is 11.6 Å². The number of hydrogen-bond acceptors (Lipinski definition) is 0. The number of rotatable bonds is 4. The molecule has 2 rings (SSSR count). The van der Waals surface area contributed by atoms with Crippen LogP contribution in [0.3, 0.4) is 0 Å². The molecule has 0 aromatic heterocycles. The minimum absolute atomic E-state index is 0.396. The maximum absolute atomic E-state index is 5.98. The molecule has 1 atom stereocenters. The molecule has 0 heterocycles. The van der Waals surface area contributed by atoms with E-state index in [2.05, 4.69) is 68.2 Å². The molecule has 0 saturated carbocycles. The van der Waals surface area contributed by atoms with Gasteiger partial charge in [-0.3, -0.25) is 0 Å². The highest BCUT2D eigenvalue weighted by atomic mass is 35.5. The second-order valence-electron chi connectivity index (χ2n) is 5.35. The smallest absolute Gasteiger partial charge is 0.0919 e. The molecule has 0 saturated heterocycles. The van der Waals surface area contributed by atoms with Gasteiger partial charge >= 0.3 is 0 Å². The average Bonchev–Trinajstić information content (AvgIpc) is 2.42. The number of hydrogen-bond donors (Lipinski definition) is 0. The van der Waals surface area contributed by atoms with Crippen molar-refractivity contribution in [1.29, 1.82) is 0 Å². The second kappa shape index (κ2) is 5.77. The van der Waals surface area contributed by atoms with E-state index < -0.39 is 8.07 Å². The quantitative estimate of drug-likeness (QED) is 0.561. The van der Waals surface area contributed by atoms with Crippen molar-refractivity contribution >= 4 is 24.9 Å². The Labute approximate surface area is 121 Å². The highest BCUT2D eigenvalue weighted by Crippen LogP contribution is 2.28. The minimum atomic E-state index is -1.63. The van der Waals surface area contributed by atoms with Crippen LogP contribution in [-0.2, 0) is 0 Å². The van der Waals surface area contributed by atoms with Gasteiger partial charge in [0, 0.05) is 10.6 Å². The lowest BCUT2D eigenvalue weighted by Crippen LogP contribution is -2.46. The molecule has 0 N–H and O–H groups in total. The Morgan fingerprint density at radius 2 is 1.58 bits per heavy atom. The number of allylic oxidation sites excluding steroid dienone is 1. The van der Waals surface area contributed by atoms with Crippen molar-refractivity contribution in [2.45, 2.75) is 18.6 Å². The number of halogens is 1. The van der Waals surface area contributed by atoms with Crippen LogP contribution in [0.15, 0.2) is 67.3 Å². The third-order valence-electron chi connectivity index (χ3n) is 3.76. The molecule has 0 fully saturated rings. The van der Waals surface area contributed by atoms with Gasteiger partial charge < -0.3 is 0 Å². The largest absolute Gasteiger partial charge is 0.103 e. The molecule has 0 aliphatic carbocycles. The van der Waals surface area contributed by atoms with E-state index in [1.165, 1.54) is 10.8 Å². The minimum Gasteiger partial charge on any atom is -0.103 e. The predicted molar refractivity (Wildman–Crippen MR) is 87.9 cm³/mol. The molecule has 0 bridgehead atoms. The van der Waals surface area contributed by atoms with Gasteiger partial charge in [-0.25, -0.2) is 0 Å². The Morgan fingerprint density at radius 3 is 2.11 bits per heavy atom. The zero-order valence-electron chi connectivity index (χ0n) is 11.4. The van der Waals surface area contributed by atoms with Crippen molar-refractivity contribution in [2.24, 2.45) is 0 Å². The van der Waals surface area contributed by atoms with Gasteiger partial charge in [0.1, 0.15) is 0 Å². The van der Waals surface area contributed by atoms with Crippen molar-refractivity contribution in [2.75, 3.05) is 0 Å². The first-order chi connectivity index (χ1) is 9.05. The molecule has 0 spiro atoms. The molecule has 0 aliphatic rings. The zero-order chi connectivity index (χ0) is 13.9. The van der Waals surface area contributed by atoms with Crippen LogP contribution in [0.5, 0.6) is 0 Å². The summed E-state index contributed by atoms with van der Waals surface area (Å²) in [5, 5.41) is 2.24. The Hall–Kier alpha value is -1.31. The summed E-state index contributed by atoms with van der Waals surface area (Å²) in [6, 6.07) is 18.9. The van der Waals surface area contributed by atoms with E-state index in [0.29, 0.717) is 5.54 Å². The Balaban J connectivity index is 2.41. The summed E-state index contributed by atoms with van der Waals surface area (Å²) in [5.74, 6) is 0. The highest BCUT2D eigenvalue weighted by molar-refractivity contribution is 6.91. The van der Waals surface area contributed by atoms with E-state index in [1.807, 2.05) is 12.1 Å².